The number of hydrogen-bond donors (Lipinski definition) is 1. The molecule has 0 amide bonds. The quantitative estimate of drug-likeness (QED) is 0.631. The molecule has 1 unspecified atom stereocenters. The van der Waals surface area contributed by atoms with Crippen LogP contribution in [0.5, 0.6) is 0 Å². The van der Waals surface area contributed by atoms with Gasteiger partial charge in [0.15, 0.2) is 0 Å². The molecular weight excluding hydrogens is 337 g/mol. The first kappa shape index (κ1) is 12.0. The monoisotopic (exact) mass is 353 g/mol. The van der Waals surface area contributed by atoms with Gasteiger partial charge in [-0.1, -0.05) is 30.7 Å². The number of rotatable bonds is 1. The first-order chi connectivity index (χ1) is 8.77. The Balaban J connectivity index is 2.09. The van der Waals surface area contributed by atoms with Gasteiger partial charge in [-0.25, -0.2) is 4.68 Å². The van der Waals surface area contributed by atoms with Crippen LogP contribution in [0.2, 0.25) is 0 Å². The summed E-state index contributed by atoms with van der Waals surface area (Å²) in [5.74, 6) is 0.789. The van der Waals surface area contributed by atoms with Gasteiger partial charge >= 0.3 is 0 Å². The van der Waals surface area contributed by atoms with Crippen molar-refractivity contribution in [1.29, 1.82) is 0 Å². The maximum absolute atomic E-state index is 6.13. The van der Waals surface area contributed by atoms with Crippen molar-refractivity contribution in [3.05, 3.63) is 45.2 Å². The van der Waals surface area contributed by atoms with E-state index in [2.05, 4.69) is 52.0 Å². The van der Waals surface area contributed by atoms with Gasteiger partial charge in [-0.15, -0.1) is 0 Å². The van der Waals surface area contributed by atoms with Crippen LogP contribution in [0, 0.1) is 3.57 Å². The van der Waals surface area contributed by atoms with Gasteiger partial charge in [0, 0.05) is 0 Å². The van der Waals surface area contributed by atoms with E-state index < -0.39 is 0 Å². The summed E-state index contributed by atoms with van der Waals surface area (Å²) in [7, 11) is 0. The molecule has 2 N–H and O–H groups in total. The van der Waals surface area contributed by atoms with E-state index in [0.717, 1.165) is 15.8 Å². The zero-order chi connectivity index (χ0) is 12.5. The second-order valence-corrected chi connectivity index (χ2v) is 5.94. The molecule has 3 nitrogen and oxygen atoms in total. The minimum absolute atomic E-state index is 0.298. The van der Waals surface area contributed by atoms with E-state index in [9.17, 15) is 0 Å². The number of halogens is 1. The highest BCUT2D eigenvalue weighted by molar-refractivity contribution is 14.1. The minimum Gasteiger partial charge on any atom is -0.383 e. The number of hydrogen-bond acceptors (Lipinski definition) is 2. The Bertz CT molecular complexity index is 562. The van der Waals surface area contributed by atoms with Crippen LogP contribution < -0.4 is 5.73 Å². The van der Waals surface area contributed by atoms with Crippen LogP contribution in [0.25, 0.3) is 0 Å². The molecule has 0 radical (unpaired) electrons. The zero-order valence-corrected chi connectivity index (χ0v) is 12.3. The molecule has 1 aliphatic carbocycles. The van der Waals surface area contributed by atoms with Crippen molar-refractivity contribution in [1.82, 2.24) is 9.78 Å². The third kappa shape index (κ3) is 2.02. The number of nitrogens with zero attached hydrogens (tertiary/aromatic N) is 2. The van der Waals surface area contributed by atoms with Gasteiger partial charge < -0.3 is 5.73 Å². The number of fused-ring (bicyclic) bond motifs is 1. The van der Waals surface area contributed by atoms with E-state index in [1.807, 2.05) is 10.9 Å². The Hall–Kier alpha value is -1.04. The predicted molar refractivity (Wildman–Crippen MR) is 81.5 cm³/mol. The zero-order valence-electron chi connectivity index (χ0n) is 10.1. The lowest BCUT2D eigenvalue weighted by Crippen LogP contribution is -2.15. The van der Waals surface area contributed by atoms with Crippen molar-refractivity contribution >= 4 is 28.4 Å². The molecule has 1 aromatic heterocycles. The van der Waals surface area contributed by atoms with E-state index >= 15 is 0 Å². The van der Waals surface area contributed by atoms with Crippen LogP contribution >= 0.6 is 22.6 Å². The van der Waals surface area contributed by atoms with Gasteiger partial charge in [0.05, 0.1) is 15.8 Å². The van der Waals surface area contributed by atoms with E-state index in [1.54, 1.807) is 0 Å². The molecule has 1 atom stereocenters. The minimum atomic E-state index is 0.298. The summed E-state index contributed by atoms with van der Waals surface area (Å²) in [5, 5.41) is 4.46. The van der Waals surface area contributed by atoms with Crippen LogP contribution in [0.15, 0.2) is 30.5 Å². The lowest BCUT2D eigenvalue weighted by Gasteiger charge is -2.19. The van der Waals surface area contributed by atoms with Crippen LogP contribution in [-0.2, 0) is 6.42 Å². The standard InChI is InChI=1S/C14H16IN3/c15-12-9-17-18(14(12)16)13-8-4-2-6-10-5-1-3-7-11(10)13/h1,3,5,7,9,13H,2,4,6,8,16H2. The molecule has 0 spiro atoms. The van der Waals surface area contributed by atoms with Crippen molar-refractivity contribution in [2.24, 2.45) is 0 Å². The van der Waals surface area contributed by atoms with Gasteiger partial charge in [-0.2, -0.15) is 5.10 Å². The van der Waals surface area contributed by atoms with Gasteiger partial charge in [0.25, 0.3) is 0 Å². The number of aromatic nitrogens is 2. The second kappa shape index (κ2) is 4.91. The summed E-state index contributed by atoms with van der Waals surface area (Å²) in [4.78, 5) is 0. The fraction of sp³-hybridized carbons (Fsp3) is 0.357. The van der Waals surface area contributed by atoms with E-state index in [0.29, 0.717) is 6.04 Å². The van der Waals surface area contributed by atoms with Gasteiger partial charge in [-0.3, -0.25) is 0 Å². The summed E-state index contributed by atoms with van der Waals surface area (Å²) in [6.07, 6.45) is 6.63. The van der Waals surface area contributed by atoms with Crippen LogP contribution in [0.4, 0.5) is 5.82 Å². The largest absolute Gasteiger partial charge is 0.383 e. The molecular formula is C14H16IN3. The van der Waals surface area contributed by atoms with Crippen molar-refractivity contribution < 1.29 is 0 Å². The first-order valence-electron chi connectivity index (χ1n) is 6.33. The Kier molecular flexibility index (Phi) is 3.28. The number of aryl methyl sites for hydroxylation is 1. The molecule has 94 valence electrons. The molecule has 0 bridgehead atoms. The van der Waals surface area contributed by atoms with Gasteiger partial charge in [-0.05, 0) is 53.0 Å². The molecule has 1 aromatic carbocycles. The normalized spacial score (nSPS) is 19.3. The fourth-order valence-electron chi connectivity index (χ4n) is 2.75. The lowest BCUT2D eigenvalue weighted by molar-refractivity contribution is 0.486. The summed E-state index contributed by atoms with van der Waals surface area (Å²) in [6.45, 7) is 0. The molecule has 0 saturated heterocycles. The van der Waals surface area contributed by atoms with E-state index in [-0.39, 0.29) is 0 Å². The molecule has 2 aromatic rings. The van der Waals surface area contributed by atoms with Gasteiger partial charge in [0.2, 0.25) is 0 Å². The smallest absolute Gasteiger partial charge is 0.135 e. The molecule has 1 heterocycles. The van der Waals surface area contributed by atoms with Gasteiger partial charge in [0.1, 0.15) is 5.82 Å². The Morgan fingerprint density at radius 3 is 2.89 bits per heavy atom. The van der Waals surface area contributed by atoms with Crippen molar-refractivity contribution in [3.8, 4) is 0 Å². The van der Waals surface area contributed by atoms with Crippen LogP contribution in [0.1, 0.15) is 36.4 Å². The van der Waals surface area contributed by atoms with Crippen molar-refractivity contribution in [2.75, 3.05) is 5.73 Å². The van der Waals surface area contributed by atoms with Crippen molar-refractivity contribution in [3.63, 3.8) is 0 Å². The topological polar surface area (TPSA) is 43.8 Å². The predicted octanol–water partition coefficient (Wildman–Crippen LogP) is 3.39. The molecule has 0 fully saturated rings. The summed E-state index contributed by atoms with van der Waals surface area (Å²) in [5.41, 5.74) is 8.97. The third-order valence-electron chi connectivity index (χ3n) is 3.67. The SMILES string of the molecule is Nc1c(I)cnn1C1CCCCc2ccccc21. The van der Waals surface area contributed by atoms with Crippen molar-refractivity contribution in [2.45, 2.75) is 31.7 Å². The molecule has 4 heteroatoms. The van der Waals surface area contributed by atoms with Crippen LogP contribution in [-0.4, -0.2) is 9.78 Å². The maximum Gasteiger partial charge on any atom is 0.135 e. The fourth-order valence-corrected chi connectivity index (χ4v) is 3.12. The Morgan fingerprint density at radius 2 is 2.11 bits per heavy atom. The molecule has 0 saturated carbocycles. The summed E-state index contributed by atoms with van der Waals surface area (Å²) >= 11 is 2.24. The third-order valence-corrected chi connectivity index (χ3v) is 4.50. The lowest BCUT2D eigenvalue weighted by atomic mass is 9.99. The number of anilines is 1. The molecule has 18 heavy (non-hydrogen) atoms. The molecule has 3 rings (SSSR count). The Labute approximate surface area is 121 Å². The Morgan fingerprint density at radius 1 is 1.28 bits per heavy atom. The van der Waals surface area contributed by atoms with Crippen LogP contribution in [0.3, 0.4) is 0 Å². The maximum atomic E-state index is 6.13. The molecule has 1 aliphatic rings. The highest BCUT2D eigenvalue weighted by atomic mass is 127. The first-order valence-corrected chi connectivity index (χ1v) is 7.41. The average Bonchev–Trinajstić information content (AvgIpc) is 2.63. The second-order valence-electron chi connectivity index (χ2n) is 4.78. The molecule has 0 aliphatic heterocycles. The van der Waals surface area contributed by atoms with E-state index in [4.69, 9.17) is 5.73 Å². The average molecular weight is 353 g/mol. The summed E-state index contributed by atoms with van der Waals surface area (Å²) in [6, 6.07) is 8.99. The van der Waals surface area contributed by atoms with E-state index in [1.165, 1.54) is 30.4 Å². The highest BCUT2D eigenvalue weighted by Gasteiger charge is 2.22. The number of benzene rings is 1. The highest BCUT2D eigenvalue weighted by Crippen LogP contribution is 2.33. The number of nitrogen functional groups attached to an aromatic ring is 1. The number of nitrogens with two attached hydrogens (primary N) is 1. The summed E-state index contributed by atoms with van der Waals surface area (Å²) < 4.78 is 3.03.